The molecule has 0 radical (unpaired) electrons. The Kier molecular flexibility index (Phi) is 3.85. The highest BCUT2D eigenvalue weighted by Gasteiger charge is 2.33. The first-order valence-electron chi connectivity index (χ1n) is 5.90. The second-order valence-corrected chi connectivity index (χ2v) is 5.50. The Labute approximate surface area is 116 Å². The van der Waals surface area contributed by atoms with Gasteiger partial charge in [0.05, 0.1) is 12.8 Å². The summed E-state index contributed by atoms with van der Waals surface area (Å²) >= 11 is 1.47. The molecule has 2 aromatic rings. The Balaban J connectivity index is 2.18. The maximum atomic E-state index is 11.7. The number of benzene rings is 1. The Morgan fingerprint density at radius 1 is 1.32 bits per heavy atom. The number of aromatic nitrogens is 1. The molecule has 0 bridgehead atoms. The third-order valence-electron chi connectivity index (χ3n) is 2.87. The van der Waals surface area contributed by atoms with Crippen LogP contribution in [-0.4, -0.2) is 18.1 Å². The maximum Gasteiger partial charge on any atom is 0.317 e. The quantitative estimate of drug-likeness (QED) is 0.870. The number of esters is 1. The number of nitrogens with zero attached hydrogens (tertiary/aromatic N) is 1. The van der Waals surface area contributed by atoms with Crippen LogP contribution in [0.5, 0.6) is 0 Å². The van der Waals surface area contributed by atoms with Crippen LogP contribution in [0, 0.1) is 0 Å². The molecule has 0 saturated carbocycles. The SMILES string of the molecule is COC(=O)C(C)(C)c1csc(Nc2ccccc2)n1. The summed E-state index contributed by atoms with van der Waals surface area (Å²) in [5, 5.41) is 5.85. The van der Waals surface area contributed by atoms with Crippen molar-refractivity contribution in [2.24, 2.45) is 0 Å². The van der Waals surface area contributed by atoms with Crippen LogP contribution >= 0.6 is 11.3 Å². The van der Waals surface area contributed by atoms with Gasteiger partial charge in [-0.15, -0.1) is 11.3 Å². The number of rotatable bonds is 4. The summed E-state index contributed by atoms with van der Waals surface area (Å²) in [7, 11) is 1.39. The van der Waals surface area contributed by atoms with Gasteiger partial charge in [0.15, 0.2) is 5.13 Å². The van der Waals surface area contributed by atoms with Crippen LogP contribution in [0.15, 0.2) is 35.7 Å². The summed E-state index contributed by atoms with van der Waals surface area (Å²) in [5.74, 6) is -0.288. The lowest BCUT2D eigenvalue weighted by molar-refractivity contribution is -0.146. The lowest BCUT2D eigenvalue weighted by Crippen LogP contribution is -2.30. The molecule has 0 aliphatic rings. The topological polar surface area (TPSA) is 51.2 Å². The summed E-state index contributed by atoms with van der Waals surface area (Å²) in [6.07, 6.45) is 0. The van der Waals surface area contributed by atoms with E-state index < -0.39 is 5.41 Å². The molecule has 1 heterocycles. The molecule has 1 aromatic heterocycles. The number of hydrogen-bond donors (Lipinski definition) is 1. The van der Waals surface area contributed by atoms with Gasteiger partial charge in [0.1, 0.15) is 5.41 Å². The van der Waals surface area contributed by atoms with E-state index in [9.17, 15) is 4.79 Å². The minimum absolute atomic E-state index is 0.288. The molecular formula is C14H16N2O2S. The lowest BCUT2D eigenvalue weighted by Gasteiger charge is -2.18. The zero-order valence-electron chi connectivity index (χ0n) is 11.1. The number of thiazole rings is 1. The van der Waals surface area contributed by atoms with Crippen LogP contribution in [0.4, 0.5) is 10.8 Å². The summed E-state index contributed by atoms with van der Waals surface area (Å²) in [6, 6.07) is 9.79. The molecule has 0 spiro atoms. The van der Waals surface area contributed by atoms with Gasteiger partial charge in [0, 0.05) is 11.1 Å². The van der Waals surface area contributed by atoms with Crippen molar-refractivity contribution in [1.29, 1.82) is 0 Å². The molecular weight excluding hydrogens is 260 g/mol. The average Bonchev–Trinajstić information content (AvgIpc) is 2.88. The molecule has 0 saturated heterocycles. The third-order valence-corrected chi connectivity index (χ3v) is 3.62. The van der Waals surface area contributed by atoms with E-state index in [0.29, 0.717) is 5.69 Å². The number of carbonyl (C=O) groups excluding carboxylic acids is 1. The molecule has 0 unspecified atom stereocenters. The van der Waals surface area contributed by atoms with E-state index >= 15 is 0 Å². The first kappa shape index (κ1) is 13.5. The maximum absolute atomic E-state index is 11.7. The van der Waals surface area contributed by atoms with Crippen molar-refractivity contribution in [2.75, 3.05) is 12.4 Å². The van der Waals surface area contributed by atoms with Gasteiger partial charge in [-0.3, -0.25) is 4.79 Å². The van der Waals surface area contributed by atoms with Crippen molar-refractivity contribution in [1.82, 2.24) is 4.98 Å². The zero-order valence-corrected chi connectivity index (χ0v) is 12.0. The number of carbonyl (C=O) groups is 1. The first-order chi connectivity index (χ1) is 9.04. The van der Waals surface area contributed by atoms with Crippen LogP contribution in [0.3, 0.4) is 0 Å². The second-order valence-electron chi connectivity index (χ2n) is 4.65. The Morgan fingerprint density at radius 2 is 2.00 bits per heavy atom. The monoisotopic (exact) mass is 276 g/mol. The molecule has 5 heteroatoms. The predicted octanol–water partition coefficient (Wildman–Crippen LogP) is 3.34. The van der Waals surface area contributed by atoms with E-state index in [-0.39, 0.29) is 5.97 Å². The molecule has 1 N–H and O–H groups in total. The lowest BCUT2D eigenvalue weighted by atomic mass is 9.90. The van der Waals surface area contributed by atoms with Crippen molar-refractivity contribution in [3.8, 4) is 0 Å². The van der Waals surface area contributed by atoms with E-state index in [0.717, 1.165) is 10.8 Å². The average molecular weight is 276 g/mol. The molecule has 0 aliphatic carbocycles. The van der Waals surface area contributed by atoms with Crippen LogP contribution in [-0.2, 0) is 14.9 Å². The number of anilines is 2. The molecule has 100 valence electrons. The fourth-order valence-electron chi connectivity index (χ4n) is 1.62. The van der Waals surface area contributed by atoms with Crippen molar-refractivity contribution in [3.63, 3.8) is 0 Å². The molecule has 0 aliphatic heterocycles. The number of hydrogen-bond acceptors (Lipinski definition) is 5. The van der Waals surface area contributed by atoms with Gasteiger partial charge < -0.3 is 10.1 Å². The van der Waals surface area contributed by atoms with Gasteiger partial charge in [-0.25, -0.2) is 4.98 Å². The van der Waals surface area contributed by atoms with E-state index in [1.165, 1.54) is 18.4 Å². The van der Waals surface area contributed by atoms with E-state index in [1.54, 1.807) is 13.8 Å². The highest BCUT2D eigenvalue weighted by molar-refractivity contribution is 7.13. The number of methoxy groups -OCH3 is 1. The van der Waals surface area contributed by atoms with Gasteiger partial charge in [-0.05, 0) is 26.0 Å². The van der Waals surface area contributed by atoms with Crippen molar-refractivity contribution in [3.05, 3.63) is 41.4 Å². The van der Waals surface area contributed by atoms with Gasteiger partial charge >= 0.3 is 5.97 Å². The highest BCUT2D eigenvalue weighted by Crippen LogP contribution is 2.29. The molecule has 0 amide bonds. The van der Waals surface area contributed by atoms with Gasteiger partial charge in [-0.1, -0.05) is 18.2 Å². The van der Waals surface area contributed by atoms with Crippen LogP contribution in [0.1, 0.15) is 19.5 Å². The Bertz CT molecular complexity index is 564. The normalized spacial score (nSPS) is 11.1. The molecule has 2 rings (SSSR count). The number of ether oxygens (including phenoxy) is 1. The number of para-hydroxylation sites is 1. The largest absolute Gasteiger partial charge is 0.468 e. The van der Waals surface area contributed by atoms with Gasteiger partial charge in [0.25, 0.3) is 0 Å². The summed E-state index contributed by atoms with van der Waals surface area (Å²) in [4.78, 5) is 16.2. The van der Waals surface area contributed by atoms with Crippen LogP contribution in [0.25, 0.3) is 0 Å². The minimum atomic E-state index is -0.734. The van der Waals surface area contributed by atoms with Crippen molar-refractivity contribution < 1.29 is 9.53 Å². The predicted molar refractivity (Wildman–Crippen MR) is 76.9 cm³/mol. The standard InChI is InChI=1S/C14H16N2O2S/c1-14(2,12(17)18-3)11-9-19-13(16-11)15-10-7-5-4-6-8-10/h4-9H,1-3H3,(H,15,16). The van der Waals surface area contributed by atoms with Crippen LogP contribution < -0.4 is 5.32 Å². The third kappa shape index (κ3) is 2.93. The van der Waals surface area contributed by atoms with E-state index in [2.05, 4.69) is 10.3 Å². The molecule has 19 heavy (non-hydrogen) atoms. The molecule has 1 aromatic carbocycles. The Morgan fingerprint density at radius 3 is 2.63 bits per heavy atom. The fraction of sp³-hybridized carbons (Fsp3) is 0.286. The smallest absolute Gasteiger partial charge is 0.317 e. The highest BCUT2D eigenvalue weighted by atomic mass is 32.1. The van der Waals surface area contributed by atoms with E-state index in [4.69, 9.17) is 4.74 Å². The van der Waals surface area contributed by atoms with Crippen LogP contribution in [0.2, 0.25) is 0 Å². The second kappa shape index (κ2) is 5.40. The minimum Gasteiger partial charge on any atom is -0.468 e. The Hall–Kier alpha value is -1.88. The molecule has 4 nitrogen and oxygen atoms in total. The fourth-order valence-corrected chi connectivity index (χ4v) is 2.52. The van der Waals surface area contributed by atoms with Gasteiger partial charge in [-0.2, -0.15) is 0 Å². The molecule has 0 fully saturated rings. The molecule has 0 atom stereocenters. The summed E-state index contributed by atoms with van der Waals surface area (Å²) in [6.45, 7) is 3.61. The van der Waals surface area contributed by atoms with Gasteiger partial charge in [0.2, 0.25) is 0 Å². The van der Waals surface area contributed by atoms with E-state index in [1.807, 2.05) is 35.7 Å². The number of nitrogens with one attached hydrogen (secondary N) is 1. The summed E-state index contributed by atoms with van der Waals surface area (Å²) < 4.78 is 4.80. The first-order valence-corrected chi connectivity index (χ1v) is 6.78. The van der Waals surface area contributed by atoms with Crippen molar-refractivity contribution in [2.45, 2.75) is 19.3 Å². The summed E-state index contributed by atoms with van der Waals surface area (Å²) in [5.41, 5.74) is 0.948. The van der Waals surface area contributed by atoms with Crippen molar-refractivity contribution >= 4 is 28.1 Å². The zero-order chi connectivity index (χ0) is 13.9.